The fraction of sp³-hybridized carbons (Fsp3) is 0.765. The second-order valence-corrected chi connectivity index (χ2v) is 5.38. The van der Waals surface area contributed by atoms with Gasteiger partial charge in [0.2, 0.25) is 0 Å². The lowest BCUT2D eigenvalue weighted by Gasteiger charge is -2.45. The maximum Gasteiger partial charge on any atom is 0.414 e. The summed E-state index contributed by atoms with van der Waals surface area (Å²) in [7, 11) is 0. The highest BCUT2D eigenvalue weighted by Gasteiger charge is 2.52. The predicted octanol–water partition coefficient (Wildman–Crippen LogP) is 2.33. The molecule has 0 aromatic carbocycles. The molecule has 0 fully saturated rings. The van der Waals surface area contributed by atoms with Crippen molar-refractivity contribution in [3.8, 4) is 0 Å². The van der Waals surface area contributed by atoms with E-state index in [4.69, 9.17) is 23.7 Å². The fourth-order valence-corrected chi connectivity index (χ4v) is 2.79. The highest BCUT2D eigenvalue weighted by molar-refractivity contribution is 6.03. The molecule has 1 aliphatic rings. The van der Waals surface area contributed by atoms with Crippen LogP contribution in [0.15, 0.2) is 11.3 Å². The Morgan fingerprint density at radius 1 is 1.08 bits per heavy atom. The molecule has 144 valence electrons. The molecule has 0 aromatic rings. The molecule has 0 bridgehead atoms. The lowest BCUT2D eigenvalue weighted by molar-refractivity contribution is -0.401. The predicted molar refractivity (Wildman–Crippen MR) is 89.5 cm³/mol. The number of hydrogen-bond acceptors (Lipinski definition) is 7. The summed E-state index contributed by atoms with van der Waals surface area (Å²) in [4.78, 5) is 24.1. The zero-order valence-corrected chi connectivity index (χ0v) is 15.8. The highest BCUT2D eigenvalue weighted by atomic mass is 16.9. The normalized spacial score (nSPS) is 22.3. The third-order valence-corrected chi connectivity index (χ3v) is 3.74. The minimum absolute atomic E-state index is 0.163. The van der Waals surface area contributed by atoms with Crippen LogP contribution >= 0.6 is 0 Å². The summed E-state index contributed by atoms with van der Waals surface area (Å²) < 4.78 is 27.9. The lowest BCUT2D eigenvalue weighted by atomic mass is 9.90. The average Bonchev–Trinajstić information content (AvgIpc) is 2.53. The van der Waals surface area contributed by atoms with Crippen LogP contribution in [0.3, 0.4) is 0 Å². The first-order chi connectivity index (χ1) is 11.9. The van der Waals surface area contributed by atoms with Crippen molar-refractivity contribution < 1.29 is 33.3 Å². The van der Waals surface area contributed by atoms with Gasteiger partial charge in [-0.15, -0.1) is 0 Å². The summed E-state index contributed by atoms with van der Waals surface area (Å²) in [5.74, 6) is -2.14. The van der Waals surface area contributed by atoms with Gasteiger partial charge >= 0.3 is 12.1 Å². The van der Waals surface area contributed by atoms with Gasteiger partial charge in [0.1, 0.15) is 11.9 Å². The van der Waals surface area contributed by atoms with Gasteiger partial charge in [0.05, 0.1) is 31.3 Å². The Bertz CT molecular complexity index is 497. The molecule has 25 heavy (non-hydrogen) atoms. The van der Waals surface area contributed by atoms with Crippen molar-refractivity contribution in [3.05, 3.63) is 11.3 Å². The molecule has 8 heteroatoms. The first kappa shape index (κ1) is 21.4. The monoisotopic (exact) mass is 359 g/mol. The number of allylic oxidation sites excluding steroid dienone is 1. The number of alkyl carbamates (subject to hydrolysis) is 1. The van der Waals surface area contributed by atoms with Crippen molar-refractivity contribution >= 4 is 12.0 Å². The molecule has 2 amide bonds. The number of carbonyl (C=O) groups excluding carboxylic acids is 2. The Labute approximate surface area is 148 Å². The van der Waals surface area contributed by atoms with Gasteiger partial charge in [-0.1, -0.05) is 6.92 Å². The second kappa shape index (κ2) is 9.74. The zero-order chi connectivity index (χ0) is 19.0. The van der Waals surface area contributed by atoms with E-state index < -0.39 is 30.0 Å². The zero-order valence-electron chi connectivity index (χ0n) is 15.8. The first-order valence-electron chi connectivity index (χ1n) is 8.64. The second-order valence-electron chi connectivity index (χ2n) is 5.38. The van der Waals surface area contributed by atoms with Gasteiger partial charge in [-0.25, -0.2) is 4.79 Å². The summed E-state index contributed by atoms with van der Waals surface area (Å²) in [5, 5.41) is 2.18. The molecule has 0 aliphatic carbocycles. The van der Waals surface area contributed by atoms with E-state index in [1.54, 1.807) is 13.8 Å². The number of amides is 2. The van der Waals surface area contributed by atoms with Crippen molar-refractivity contribution in [3.63, 3.8) is 0 Å². The molecular weight excluding hydrogens is 330 g/mol. The Balaban J connectivity index is 3.21. The van der Waals surface area contributed by atoms with E-state index in [1.165, 1.54) is 0 Å². The highest BCUT2D eigenvalue weighted by Crippen LogP contribution is 2.40. The Hall–Kier alpha value is -1.64. The van der Waals surface area contributed by atoms with Gasteiger partial charge in [0.25, 0.3) is 5.91 Å². The Morgan fingerprint density at radius 3 is 2.16 bits per heavy atom. The summed E-state index contributed by atoms with van der Waals surface area (Å²) in [6.07, 6.45) is -1.48. The number of hydrogen-bond donors (Lipinski definition) is 1. The van der Waals surface area contributed by atoms with Crippen molar-refractivity contribution in [2.24, 2.45) is 5.92 Å². The Kier molecular flexibility index (Phi) is 8.34. The van der Waals surface area contributed by atoms with E-state index in [2.05, 4.69) is 5.32 Å². The standard InChI is InChI=1S/C17H29NO7/c1-7-21-14-11(5)17(23-9-3,24-10-4)25-12(6)13(14)15(19)18-16(20)22-8-2/h11,14H,7-10H2,1-6H3,(H,18,19,20)/t11-,14-/m0/s1. The summed E-state index contributed by atoms with van der Waals surface area (Å²) >= 11 is 0. The summed E-state index contributed by atoms with van der Waals surface area (Å²) in [6.45, 7) is 11.8. The molecule has 0 spiro atoms. The molecule has 0 saturated carbocycles. The topological polar surface area (TPSA) is 92.3 Å². The number of imide groups is 1. The minimum Gasteiger partial charge on any atom is -0.450 e. The smallest absolute Gasteiger partial charge is 0.414 e. The van der Waals surface area contributed by atoms with Gasteiger partial charge in [-0.2, -0.15) is 0 Å². The van der Waals surface area contributed by atoms with Crippen molar-refractivity contribution in [2.75, 3.05) is 26.4 Å². The van der Waals surface area contributed by atoms with E-state index in [9.17, 15) is 9.59 Å². The van der Waals surface area contributed by atoms with E-state index in [0.29, 0.717) is 19.8 Å². The molecule has 1 heterocycles. The fourth-order valence-electron chi connectivity index (χ4n) is 2.79. The van der Waals surface area contributed by atoms with Gasteiger partial charge in [-0.05, 0) is 34.6 Å². The average molecular weight is 359 g/mol. The number of nitrogens with one attached hydrogen (secondary N) is 1. The van der Waals surface area contributed by atoms with Crippen LogP contribution in [0, 0.1) is 5.92 Å². The number of carbonyl (C=O) groups is 2. The molecule has 1 rings (SSSR count). The minimum atomic E-state index is -1.35. The third kappa shape index (κ3) is 4.93. The molecule has 0 saturated heterocycles. The van der Waals surface area contributed by atoms with Crippen molar-refractivity contribution in [2.45, 2.75) is 53.6 Å². The molecule has 0 unspecified atom stereocenters. The van der Waals surface area contributed by atoms with Crippen LogP contribution in [0.25, 0.3) is 0 Å². The van der Waals surface area contributed by atoms with Crippen LogP contribution < -0.4 is 5.32 Å². The summed E-state index contributed by atoms with van der Waals surface area (Å²) in [6, 6.07) is 0. The van der Waals surface area contributed by atoms with Crippen LogP contribution in [-0.2, 0) is 28.5 Å². The maximum atomic E-state index is 12.5. The third-order valence-electron chi connectivity index (χ3n) is 3.74. The van der Waals surface area contributed by atoms with Crippen LogP contribution in [0.5, 0.6) is 0 Å². The van der Waals surface area contributed by atoms with Gasteiger partial charge in [0.15, 0.2) is 0 Å². The van der Waals surface area contributed by atoms with E-state index >= 15 is 0 Å². The summed E-state index contributed by atoms with van der Waals surface area (Å²) in [5.41, 5.74) is 0.220. The van der Waals surface area contributed by atoms with Crippen LogP contribution in [0.4, 0.5) is 4.79 Å². The largest absolute Gasteiger partial charge is 0.450 e. The molecule has 1 aliphatic heterocycles. The van der Waals surface area contributed by atoms with Crippen LogP contribution in [0.1, 0.15) is 41.5 Å². The molecule has 8 nitrogen and oxygen atoms in total. The molecular formula is C17H29NO7. The molecule has 0 radical (unpaired) electrons. The van der Waals surface area contributed by atoms with Crippen molar-refractivity contribution in [1.29, 1.82) is 0 Å². The lowest BCUT2D eigenvalue weighted by Crippen LogP contribution is -2.55. The maximum absolute atomic E-state index is 12.5. The van der Waals surface area contributed by atoms with E-state index in [1.807, 2.05) is 27.7 Å². The first-order valence-corrected chi connectivity index (χ1v) is 8.64. The quantitative estimate of drug-likeness (QED) is 0.665. The van der Waals surface area contributed by atoms with Crippen LogP contribution in [-0.4, -0.2) is 50.5 Å². The van der Waals surface area contributed by atoms with Gasteiger partial charge in [-0.3, -0.25) is 10.1 Å². The number of rotatable bonds is 8. The van der Waals surface area contributed by atoms with Gasteiger partial charge < -0.3 is 23.7 Å². The Morgan fingerprint density at radius 2 is 1.68 bits per heavy atom. The molecule has 2 atom stereocenters. The molecule has 0 aromatic heterocycles. The molecule has 1 N–H and O–H groups in total. The van der Waals surface area contributed by atoms with E-state index in [-0.39, 0.29) is 17.9 Å². The van der Waals surface area contributed by atoms with Crippen LogP contribution in [0.2, 0.25) is 0 Å². The SMILES string of the molecule is CCOC(=O)NC(=O)C1=C(C)OC(OCC)(OCC)[C@@H](C)[C@@H]1OCC. The van der Waals surface area contributed by atoms with Crippen molar-refractivity contribution in [1.82, 2.24) is 5.32 Å². The van der Waals surface area contributed by atoms with E-state index in [0.717, 1.165) is 0 Å². The number of ether oxygens (including phenoxy) is 5. The van der Waals surface area contributed by atoms with Gasteiger partial charge in [0, 0.05) is 6.61 Å².